The highest BCUT2D eigenvalue weighted by Crippen LogP contribution is 2.42. The van der Waals surface area contributed by atoms with E-state index in [0.717, 1.165) is 58.3 Å². The molecule has 1 aliphatic carbocycles. The molecule has 1 aromatic rings. The van der Waals surface area contributed by atoms with Gasteiger partial charge in [0.25, 0.3) is 0 Å². The number of likely N-dealkylation sites (tertiary alicyclic amines) is 1. The summed E-state index contributed by atoms with van der Waals surface area (Å²) in [5.41, 5.74) is 2.68. The first-order valence-electron chi connectivity index (χ1n) is 9.93. The molecule has 5 nitrogen and oxygen atoms in total. The zero-order valence-electron chi connectivity index (χ0n) is 15.6. The van der Waals surface area contributed by atoms with E-state index in [1.54, 1.807) is 0 Å². The average molecular weight is 379 g/mol. The van der Waals surface area contributed by atoms with Crippen molar-refractivity contribution in [3.63, 3.8) is 0 Å². The van der Waals surface area contributed by atoms with Crippen molar-refractivity contribution in [3.05, 3.63) is 35.4 Å². The summed E-state index contributed by atoms with van der Waals surface area (Å²) >= 11 is 0. The number of hydrogen-bond donors (Lipinski definition) is 1. The molecule has 0 unspecified atom stereocenters. The van der Waals surface area contributed by atoms with Crippen LogP contribution in [0.1, 0.15) is 43.7 Å². The molecular weight excluding hydrogens is 348 g/mol. The molecule has 144 valence electrons. The lowest BCUT2D eigenvalue weighted by atomic mass is 9.79. The van der Waals surface area contributed by atoms with E-state index >= 15 is 0 Å². The number of aryl methyl sites for hydroxylation is 1. The Hall–Kier alpha value is -0.950. The van der Waals surface area contributed by atoms with Gasteiger partial charge in [0.1, 0.15) is 0 Å². The van der Waals surface area contributed by atoms with Crippen molar-refractivity contribution in [2.24, 2.45) is 5.92 Å². The van der Waals surface area contributed by atoms with E-state index < -0.39 is 10.0 Å². The molecule has 2 heterocycles. The van der Waals surface area contributed by atoms with Gasteiger partial charge >= 0.3 is 0 Å². The van der Waals surface area contributed by atoms with Gasteiger partial charge < -0.3 is 4.74 Å². The van der Waals surface area contributed by atoms with Crippen LogP contribution in [0.5, 0.6) is 0 Å². The number of nitrogens with zero attached hydrogens (tertiary/aromatic N) is 1. The minimum Gasteiger partial charge on any atom is -0.372 e. The summed E-state index contributed by atoms with van der Waals surface area (Å²) in [5.74, 6) is 0.461. The summed E-state index contributed by atoms with van der Waals surface area (Å²) in [6, 6.07) is 8.88. The van der Waals surface area contributed by atoms with Crippen LogP contribution in [0.4, 0.5) is 0 Å². The number of hydrogen-bond acceptors (Lipinski definition) is 4. The zero-order chi connectivity index (χ0) is 18.2. The second-order valence-corrected chi connectivity index (χ2v) is 10.2. The standard InChI is InChI=1S/C20H30N2O3S/c1-2-16-3-5-17(6-4-16)13-22-14-20(15-22)18(10-12-25-20)9-11-21-26(23,24)19-7-8-19/h3-6,18-19,21H,2,7-15H2,1H3/t18-/m0/s1. The Morgan fingerprint density at radius 2 is 1.85 bits per heavy atom. The molecule has 1 spiro atoms. The molecule has 2 aliphatic heterocycles. The predicted molar refractivity (Wildman–Crippen MR) is 102 cm³/mol. The molecule has 26 heavy (non-hydrogen) atoms. The van der Waals surface area contributed by atoms with Crippen molar-refractivity contribution >= 4 is 10.0 Å². The zero-order valence-corrected chi connectivity index (χ0v) is 16.4. The monoisotopic (exact) mass is 378 g/mol. The van der Waals surface area contributed by atoms with Gasteiger partial charge in [-0.15, -0.1) is 0 Å². The summed E-state index contributed by atoms with van der Waals surface area (Å²) in [7, 11) is -3.06. The van der Waals surface area contributed by atoms with E-state index in [4.69, 9.17) is 4.74 Å². The topological polar surface area (TPSA) is 58.6 Å². The Balaban J connectivity index is 1.26. The summed E-state index contributed by atoms with van der Waals surface area (Å²) < 4.78 is 32.8. The number of benzene rings is 1. The summed E-state index contributed by atoms with van der Waals surface area (Å²) in [4.78, 5) is 2.44. The molecule has 3 aliphatic rings. The minimum atomic E-state index is -3.06. The average Bonchev–Trinajstić information content (AvgIpc) is 3.38. The van der Waals surface area contributed by atoms with Crippen LogP contribution in [0.15, 0.2) is 24.3 Å². The maximum Gasteiger partial charge on any atom is 0.214 e. The largest absolute Gasteiger partial charge is 0.372 e. The normalized spacial score (nSPS) is 25.5. The first-order valence-corrected chi connectivity index (χ1v) is 11.5. The maximum atomic E-state index is 12.0. The van der Waals surface area contributed by atoms with E-state index in [2.05, 4.69) is 40.8 Å². The van der Waals surface area contributed by atoms with Crippen molar-refractivity contribution in [2.75, 3.05) is 26.2 Å². The Morgan fingerprint density at radius 3 is 2.50 bits per heavy atom. The molecule has 1 aromatic carbocycles. The second-order valence-electron chi connectivity index (χ2n) is 8.14. The molecule has 0 aromatic heterocycles. The number of nitrogens with one attached hydrogen (secondary N) is 1. The van der Waals surface area contributed by atoms with Crippen LogP contribution < -0.4 is 4.72 Å². The highest BCUT2D eigenvalue weighted by Gasteiger charge is 2.52. The maximum absolute atomic E-state index is 12.0. The Bertz CT molecular complexity index is 722. The van der Waals surface area contributed by atoms with Gasteiger partial charge in [0.05, 0.1) is 10.9 Å². The summed E-state index contributed by atoms with van der Waals surface area (Å²) in [6.07, 6.45) is 4.64. The van der Waals surface area contributed by atoms with E-state index in [1.807, 2.05) is 0 Å². The minimum absolute atomic E-state index is 0.0472. The predicted octanol–water partition coefficient (Wildman–Crippen LogP) is 2.31. The van der Waals surface area contributed by atoms with Crippen molar-refractivity contribution < 1.29 is 13.2 Å². The van der Waals surface area contributed by atoms with Crippen LogP contribution in [-0.4, -0.2) is 50.4 Å². The summed E-state index contributed by atoms with van der Waals surface area (Å²) in [6.45, 7) is 6.42. The van der Waals surface area contributed by atoms with E-state index in [9.17, 15) is 8.42 Å². The SMILES string of the molecule is CCc1ccc(CN2CC3(C2)OCC[C@@H]3CCNS(=O)(=O)C2CC2)cc1. The second kappa shape index (κ2) is 7.23. The molecule has 0 amide bonds. The third kappa shape index (κ3) is 3.84. The fourth-order valence-corrected chi connectivity index (χ4v) is 5.77. The van der Waals surface area contributed by atoms with Gasteiger partial charge in [-0.1, -0.05) is 31.2 Å². The molecule has 6 heteroatoms. The van der Waals surface area contributed by atoms with Crippen molar-refractivity contribution in [3.8, 4) is 0 Å². The molecule has 3 fully saturated rings. The summed E-state index contributed by atoms with van der Waals surface area (Å²) in [5, 5.41) is -0.130. The lowest BCUT2D eigenvalue weighted by Gasteiger charge is -2.50. The quantitative estimate of drug-likeness (QED) is 0.754. The van der Waals surface area contributed by atoms with Crippen LogP contribution >= 0.6 is 0 Å². The van der Waals surface area contributed by atoms with Crippen LogP contribution in [0, 0.1) is 5.92 Å². The van der Waals surface area contributed by atoms with Crippen LogP contribution in [-0.2, 0) is 27.7 Å². The van der Waals surface area contributed by atoms with Gasteiger partial charge in [-0.2, -0.15) is 0 Å². The molecule has 4 rings (SSSR count). The van der Waals surface area contributed by atoms with E-state index in [0.29, 0.717) is 12.5 Å². The lowest BCUT2D eigenvalue weighted by Crippen LogP contribution is -2.64. The Kier molecular flexibility index (Phi) is 5.12. The molecule has 1 atom stereocenters. The van der Waals surface area contributed by atoms with Gasteiger partial charge in [-0.05, 0) is 49.1 Å². The van der Waals surface area contributed by atoms with Crippen molar-refractivity contribution in [2.45, 2.75) is 56.4 Å². The first-order chi connectivity index (χ1) is 12.5. The van der Waals surface area contributed by atoms with Crippen molar-refractivity contribution in [1.82, 2.24) is 9.62 Å². The van der Waals surface area contributed by atoms with Gasteiger partial charge in [0.15, 0.2) is 0 Å². The van der Waals surface area contributed by atoms with Crippen LogP contribution in [0.2, 0.25) is 0 Å². The Morgan fingerprint density at radius 1 is 1.15 bits per heavy atom. The third-order valence-electron chi connectivity index (χ3n) is 6.18. The fourth-order valence-electron chi connectivity index (χ4n) is 4.37. The number of sulfonamides is 1. The molecule has 2 saturated heterocycles. The molecule has 0 radical (unpaired) electrons. The Labute approximate surface area is 157 Å². The fraction of sp³-hybridized carbons (Fsp3) is 0.700. The van der Waals surface area contributed by atoms with E-state index in [-0.39, 0.29) is 10.9 Å². The van der Waals surface area contributed by atoms with Gasteiger partial charge in [-0.3, -0.25) is 4.90 Å². The number of ether oxygens (including phenoxy) is 1. The molecular formula is C20H30N2O3S. The van der Waals surface area contributed by atoms with E-state index in [1.165, 1.54) is 11.1 Å². The molecule has 0 bridgehead atoms. The highest BCUT2D eigenvalue weighted by atomic mass is 32.2. The van der Waals surface area contributed by atoms with Crippen molar-refractivity contribution in [1.29, 1.82) is 0 Å². The smallest absolute Gasteiger partial charge is 0.214 e. The molecule has 1 N–H and O–H groups in total. The van der Waals surface area contributed by atoms with Gasteiger partial charge in [0.2, 0.25) is 10.0 Å². The van der Waals surface area contributed by atoms with Crippen LogP contribution in [0.3, 0.4) is 0 Å². The third-order valence-corrected chi connectivity index (χ3v) is 8.13. The highest BCUT2D eigenvalue weighted by molar-refractivity contribution is 7.90. The molecule has 1 saturated carbocycles. The van der Waals surface area contributed by atoms with Crippen LogP contribution in [0.25, 0.3) is 0 Å². The first kappa shape index (κ1) is 18.4. The van der Waals surface area contributed by atoms with Gasteiger partial charge in [0, 0.05) is 32.8 Å². The number of rotatable bonds is 8. The van der Waals surface area contributed by atoms with Gasteiger partial charge in [-0.25, -0.2) is 13.1 Å². The lowest BCUT2D eigenvalue weighted by molar-refractivity contribution is -0.136.